The topological polar surface area (TPSA) is 52.6 Å². The van der Waals surface area contributed by atoms with Gasteiger partial charge in [-0.2, -0.15) is 8.42 Å². The number of aryl methyl sites for hydroxylation is 1. The van der Waals surface area contributed by atoms with Crippen LogP contribution in [0.5, 0.6) is 5.75 Å². The van der Waals surface area contributed by atoms with Crippen molar-refractivity contribution in [1.29, 1.82) is 0 Å². The Labute approximate surface area is 204 Å². The molecule has 1 atom stereocenters. The Kier molecular flexibility index (Phi) is 6.17. The molecule has 4 aromatic carbocycles. The summed E-state index contributed by atoms with van der Waals surface area (Å²) in [6.07, 6.45) is 0.110. The third kappa shape index (κ3) is 4.60. The summed E-state index contributed by atoms with van der Waals surface area (Å²) < 4.78 is 36.9. The average molecular weight is 491 g/mol. The minimum absolute atomic E-state index is 0.0759. The lowest BCUT2D eigenvalue weighted by Crippen LogP contribution is -2.23. The Hall–Kier alpha value is -3.12. The predicted molar refractivity (Wildman–Crippen MR) is 135 cm³/mol. The molecule has 0 N–H and O–H groups in total. The number of ether oxygens (including phenoxy) is 1. The van der Waals surface area contributed by atoms with Crippen molar-refractivity contribution in [3.05, 3.63) is 107 Å². The number of rotatable bonds is 6. The summed E-state index contributed by atoms with van der Waals surface area (Å²) in [5.41, 5.74) is 5.86. The molecule has 0 aromatic heterocycles. The van der Waals surface area contributed by atoms with Crippen LogP contribution in [0.4, 0.5) is 0 Å². The van der Waals surface area contributed by atoms with E-state index in [0.29, 0.717) is 17.2 Å². The molecule has 1 heterocycles. The Balaban J connectivity index is 1.45. The highest BCUT2D eigenvalue weighted by Crippen LogP contribution is 2.44. The van der Waals surface area contributed by atoms with Crippen molar-refractivity contribution in [1.82, 2.24) is 0 Å². The van der Waals surface area contributed by atoms with Crippen molar-refractivity contribution in [2.24, 2.45) is 0 Å². The molecule has 0 saturated carbocycles. The lowest BCUT2D eigenvalue weighted by atomic mass is 9.94. The zero-order valence-electron chi connectivity index (χ0n) is 18.6. The normalized spacial score (nSPS) is 15.1. The van der Waals surface area contributed by atoms with E-state index in [9.17, 15) is 8.42 Å². The van der Waals surface area contributed by atoms with E-state index in [1.807, 2.05) is 49.4 Å². The first kappa shape index (κ1) is 22.7. The minimum atomic E-state index is -3.87. The minimum Gasteiger partial charge on any atom is -0.487 e. The van der Waals surface area contributed by atoms with Crippen molar-refractivity contribution in [3.63, 3.8) is 0 Å². The van der Waals surface area contributed by atoms with Crippen LogP contribution in [0, 0.1) is 6.92 Å². The Morgan fingerprint density at radius 2 is 1.59 bits per heavy atom. The maximum atomic E-state index is 12.7. The molecule has 0 amide bonds. The number of hydrogen-bond acceptors (Lipinski definition) is 4. The first-order valence-electron chi connectivity index (χ1n) is 11.0. The van der Waals surface area contributed by atoms with E-state index in [2.05, 4.69) is 24.3 Å². The molecule has 34 heavy (non-hydrogen) atoms. The monoisotopic (exact) mass is 490 g/mol. The van der Waals surface area contributed by atoms with E-state index in [0.717, 1.165) is 33.4 Å². The van der Waals surface area contributed by atoms with Gasteiger partial charge >= 0.3 is 0 Å². The van der Waals surface area contributed by atoms with Gasteiger partial charge in [0.15, 0.2) is 0 Å². The highest BCUT2D eigenvalue weighted by Gasteiger charge is 2.29. The molecule has 0 aliphatic carbocycles. The van der Waals surface area contributed by atoms with Gasteiger partial charge in [0, 0.05) is 22.6 Å². The summed E-state index contributed by atoms with van der Waals surface area (Å²) in [6, 6.07) is 28.5. The van der Waals surface area contributed by atoms with Gasteiger partial charge in [-0.1, -0.05) is 77.8 Å². The standard InChI is InChI=1S/C28H23ClO4S/c1-19-11-13-24(14-12-19)34(30,31)32-18-23-16-22-15-21(20-7-3-2-4-8-20)17-26(28(22)33-23)25-9-5-6-10-27(25)29/h2-15,17,23H,16,18H2,1H3. The Morgan fingerprint density at radius 3 is 2.32 bits per heavy atom. The average Bonchev–Trinajstić information content (AvgIpc) is 3.27. The van der Waals surface area contributed by atoms with Gasteiger partial charge in [0.25, 0.3) is 10.1 Å². The fourth-order valence-electron chi connectivity index (χ4n) is 4.14. The van der Waals surface area contributed by atoms with Gasteiger partial charge < -0.3 is 4.74 Å². The molecule has 5 rings (SSSR count). The van der Waals surface area contributed by atoms with E-state index in [4.69, 9.17) is 20.5 Å². The van der Waals surface area contributed by atoms with Crippen LogP contribution in [-0.4, -0.2) is 21.1 Å². The first-order valence-corrected chi connectivity index (χ1v) is 12.8. The Bertz CT molecular complexity index is 1430. The lowest BCUT2D eigenvalue weighted by Gasteiger charge is -2.15. The maximum absolute atomic E-state index is 12.7. The van der Waals surface area contributed by atoms with E-state index in [1.54, 1.807) is 24.3 Å². The fourth-order valence-corrected chi connectivity index (χ4v) is 5.32. The number of fused-ring (bicyclic) bond motifs is 1. The molecule has 0 spiro atoms. The zero-order valence-corrected chi connectivity index (χ0v) is 20.1. The molecule has 1 unspecified atom stereocenters. The summed E-state index contributed by atoms with van der Waals surface area (Å²) in [4.78, 5) is 0.136. The third-order valence-corrected chi connectivity index (χ3v) is 7.51. The number of benzene rings is 4. The molecule has 0 fully saturated rings. The molecule has 4 nitrogen and oxygen atoms in total. The SMILES string of the molecule is Cc1ccc(S(=O)(=O)OCC2Cc3cc(-c4ccccc4)cc(-c4ccccc4Cl)c3O2)cc1. The van der Waals surface area contributed by atoms with Crippen molar-refractivity contribution < 1.29 is 17.3 Å². The summed E-state index contributed by atoms with van der Waals surface area (Å²) in [7, 11) is -3.87. The fraction of sp³-hybridized carbons (Fsp3) is 0.143. The summed E-state index contributed by atoms with van der Waals surface area (Å²) in [6.45, 7) is 1.83. The molecule has 0 bridgehead atoms. The van der Waals surface area contributed by atoms with Gasteiger partial charge in [0.05, 0.1) is 4.90 Å². The number of halogens is 1. The van der Waals surface area contributed by atoms with Gasteiger partial charge in [0.1, 0.15) is 18.5 Å². The second-order valence-electron chi connectivity index (χ2n) is 8.35. The van der Waals surface area contributed by atoms with Gasteiger partial charge in [-0.05, 0) is 53.9 Å². The largest absolute Gasteiger partial charge is 0.487 e. The number of hydrogen-bond donors (Lipinski definition) is 0. The second kappa shape index (κ2) is 9.26. The molecule has 0 radical (unpaired) electrons. The molecule has 4 aromatic rings. The van der Waals surface area contributed by atoms with Crippen LogP contribution in [0.15, 0.2) is 95.9 Å². The maximum Gasteiger partial charge on any atom is 0.297 e. The van der Waals surface area contributed by atoms with Gasteiger partial charge in [-0.25, -0.2) is 0 Å². The quantitative estimate of drug-likeness (QED) is 0.282. The molecule has 1 aliphatic rings. The lowest BCUT2D eigenvalue weighted by molar-refractivity contribution is 0.152. The predicted octanol–water partition coefficient (Wildman–Crippen LogP) is 6.69. The molecular formula is C28H23ClO4S. The molecule has 1 aliphatic heterocycles. The van der Waals surface area contributed by atoms with E-state index < -0.39 is 16.2 Å². The van der Waals surface area contributed by atoms with Gasteiger partial charge in [-0.3, -0.25) is 4.18 Å². The van der Waals surface area contributed by atoms with E-state index >= 15 is 0 Å². The highest BCUT2D eigenvalue weighted by atomic mass is 35.5. The van der Waals surface area contributed by atoms with Gasteiger partial charge in [0.2, 0.25) is 0 Å². The zero-order chi connectivity index (χ0) is 23.7. The van der Waals surface area contributed by atoms with Crippen molar-refractivity contribution in [2.45, 2.75) is 24.3 Å². The van der Waals surface area contributed by atoms with Crippen LogP contribution < -0.4 is 4.74 Å². The highest BCUT2D eigenvalue weighted by molar-refractivity contribution is 7.86. The van der Waals surface area contributed by atoms with Crippen LogP contribution in [0.3, 0.4) is 0 Å². The molecular weight excluding hydrogens is 468 g/mol. The molecule has 172 valence electrons. The summed E-state index contributed by atoms with van der Waals surface area (Å²) >= 11 is 6.54. The van der Waals surface area contributed by atoms with Crippen LogP contribution >= 0.6 is 11.6 Å². The summed E-state index contributed by atoms with van der Waals surface area (Å²) in [5, 5.41) is 0.625. The summed E-state index contributed by atoms with van der Waals surface area (Å²) in [5.74, 6) is 0.717. The van der Waals surface area contributed by atoms with Gasteiger partial charge in [-0.15, -0.1) is 0 Å². The molecule has 0 saturated heterocycles. The van der Waals surface area contributed by atoms with E-state index in [1.165, 1.54) is 0 Å². The molecule has 6 heteroatoms. The van der Waals surface area contributed by atoms with Crippen molar-refractivity contribution >= 4 is 21.7 Å². The van der Waals surface area contributed by atoms with Crippen LogP contribution in [0.25, 0.3) is 22.3 Å². The third-order valence-electron chi connectivity index (χ3n) is 5.89. The first-order chi connectivity index (χ1) is 16.4. The smallest absolute Gasteiger partial charge is 0.297 e. The van der Waals surface area contributed by atoms with Crippen LogP contribution in [0.1, 0.15) is 11.1 Å². The van der Waals surface area contributed by atoms with Crippen LogP contribution in [-0.2, 0) is 20.7 Å². The van der Waals surface area contributed by atoms with Crippen molar-refractivity contribution in [2.75, 3.05) is 6.61 Å². The van der Waals surface area contributed by atoms with Crippen molar-refractivity contribution in [3.8, 4) is 28.0 Å². The van der Waals surface area contributed by atoms with Crippen LogP contribution in [0.2, 0.25) is 5.02 Å². The second-order valence-corrected chi connectivity index (χ2v) is 10.4. The Morgan fingerprint density at radius 1 is 0.882 bits per heavy atom. The van der Waals surface area contributed by atoms with E-state index in [-0.39, 0.29) is 11.5 Å².